The molecule has 6 heteroatoms. The summed E-state index contributed by atoms with van der Waals surface area (Å²) in [5.41, 5.74) is 0.789. The van der Waals surface area contributed by atoms with Crippen molar-refractivity contribution in [3.05, 3.63) is 71.3 Å². The molecule has 134 valence electrons. The van der Waals surface area contributed by atoms with Gasteiger partial charge in [0.1, 0.15) is 11.6 Å². The van der Waals surface area contributed by atoms with E-state index in [1.807, 2.05) is 30.3 Å². The highest BCUT2D eigenvalue weighted by Gasteiger charge is 2.47. The molecule has 0 radical (unpaired) electrons. The molecular formula is C19H21F2NO3. The van der Waals surface area contributed by atoms with Crippen molar-refractivity contribution in [2.75, 3.05) is 6.61 Å². The van der Waals surface area contributed by atoms with Gasteiger partial charge in [-0.25, -0.2) is 8.78 Å². The monoisotopic (exact) mass is 349 g/mol. The van der Waals surface area contributed by atoms with Gasteiger partial charge in [0, 0.05) is 18.2 Å². The van der Waals surface area contributed by atoms with Crippen LogP contribution in [-0.2, 0) is 13.0 Å². The molecule has 1 heterocycles. The lowest BCUT2D eigenvalue weighted by molar-refractivity contribution is 0.0177. The number of hydrogen-bond acceptors (Lipinski definition) is 4. The lowest BCUT2D eigenvalue weighted by atomic mass is 10.0. The van der Waals surface area contributed by atoms with Gasteiger partial charge in [0.05, 0.1) is 24.9 Å². The maximum absolute atomic E-state index is 14.0. The van der Waals surface area contributed by atoms with Crippen molar-refractivity contribution in [1.82, 2.24) is 4.90 Å². The first kappa shape index (κ1) is 17.9. The normalized spacial score (nSPS) is 26.9. The van der Waals surface area contributed by atoms with E-state index in [1.165, 1.54) is 18.2 Å². The van der Waals surface area contributed by atoms with E-state index in [4.69, 9.17) is 0 Å². The van der Waals surface area contributed by atoms with Gasteiger partial charge in [0.15, 0.2) is 0 Å². The molecule has 0 saturated carbocycles. The quantitative estimate of drug-likeness (QED) is 0.765. The second kappa shape index (κ2) is 7.58. The Hall–Kier alpha value is -1.86. The molecule has 1 aliphatic heterocycles. The van der Waals surface area contributed by atoms with Gasteiger partial charge in [-0.1, -0.05) is 36.4 Å². The van der Waals surface area contributed by atoms with Gasteiger partial charge < -0.3 is 15.3 Å². The Kier molecular flexibility index (Phi) is 5.44. The zero-order valence-corrected chi connectivity index (χ0v) is 13.6. The van der Waals surface area contributed by atoms with Gasteiger partial charge in [-0.3, -0.25) is 4.90 Å². The summed E-state index contributed by atoms with van der Waals surface area (Å²) < 4.78 is 28.1. The first-order valence-corrected chi connectivity index (χ1v) is 8.22. The van der Waals surface area contributed by atoms with Crippen molar-refractivity contribution < 1.29 is 24.1 Å². The highest BCUT2D eigenvalue weighted by molar-refractivity contribution is 5.22. The molecule has 1 saturated heterocycles. The highest BCUT2D eigenvalue weighted by Crippen LogP contribution is 2.30. The largest absolute Gasteiger partial charge is 0.395 e. The first-order chi connectivity index (χ1) is 12.0. The Balaban J connectivity index is 1.91. The Morgan fingerprint density at radius 2 is 1.44 bits per heavy atom. The van der Waals surface area contributed by atoms with Gasteiger partial charge in [-0.2, -0.15) is 0 Å². The summed E-state index contributed by atoms with van der Waals surface area (Å²) in [6.45, 7) is -0.561. The Morgan fingerprint density at radius 3 is 2.04 bits per heavy atom. The molecule has 2 aromatic rings. The number of aliphatic hydroxyl groups is 3. The Morgan fingerprint density at radius 1 is 0.840 bits per heavy atom. The molecule has 4 nitrogen and oxygen atoms in total. The number of nitrogens with zero attached hydrogens (tertiary/aromatic N) is 1. The zero-order chi connectivity index (χ0) is 18.0. The van der Waals surface area contributed by atoms with Crippen LogP contribution in [0.3, 0.4) is 0 Å². The van der Waals surface area contributed by atoms with E-state index in [-0.39, 0.29) is 12.1 Å². The Labute approximate surface area is 145 Å². The van der Waals surface area contributed by atoms with Crippen LogP contribution in [0.4, 0.5) is 8.78 Å². The number of hydrogen-bond donors (Lipinski definition) is 3. The summed E-state index contributed by atoms with van der Waals surface area (Å²) in [7, 11) is 0. The summed E-state index contributed by atoms with van der Waals surface area (Å²) in [6, 6.07) is 11.6. The molecule has 0 bridgehead atoms. The number of rotatable bonds is 5. The SMILES string of the molecule is OC[C@@H]1[C@@H](O)[C@@H](O)[C@H](Cc2ccccc2)N1Cc1c(F)cccc1F. The summed E-state index contributed by atoms with van der Waals surface area (Å²) in [5.74, 6) is -1.38. The van der Waals surface area contributed by atoms with E-state index in [1.54, 1.807) is 4.90 Å². The van der Waals surface area contributed by atoms with Crippen LogP contribution < -0.4 is 0 Å². The molecule has 0 aromatic heterocycles. The summed E-state index contributed by atoms with van der Waals surface area (Å²) in [6.07, 6.45) is -1.91. The topological polar surface area (TPSA) is 63.9 Å². The van der Waals surface area contributed by atoms with Gasteiger partial charge >= 0.3 is 0 Å². The molecule has 0 amide bonds. The van der Waals surface area contributed by atoms with Crippen LogP contribution in [0.1, 0.15) is 11.1 Å². The predicted octanol–water partition coefficient (Wildman–Crippen LogP) is 1.47. The Bertz CT molecular complexity index is 693. The average Bonchev–Trinajstić information content (AvgIpc) is 2.83. The fourth-order valence-corrected chi connectivity index (χ4v) is 3.50. The standard InChI is InChI=1S/C19H21F2NO3/c20-14-7-4-8-15(21)13(14)10-22-16(9-12-5-2-1-3-6-12)18(24)19(25)17(22)11-23/h1-8,16-19,23-25H,9-11H2/t16-,17+,18-,19+/m0/s1. The van der Waals surface area contributed by atoms with E-state index >= 15 is 0 Å². The van der Waals surface area contributed by atoms with Gasteiger partial charge in [-0.05, 0) is 24.1 Å². The van der Waals surface area contributed by atoms with Crippen molar-refractivity contribution in [3.8, 4) is 0 Å². The minimum absolute atomic E-state index is 0.139. The second-order valence-electron chi connectivity index (χ2n) is 6.36. The highest BCUT2D eigenvalue weighted by atomic mass is 19.1. The van der Waals surface area contributed by atoms with E-state index < -0.39 is 42.5 Å². The lowest BCUT2D eigenvalue weighted by Gasteiger charge is -2.30. The van der Waals surface area contributed by atoms with Crippen molar-refractivity contribution in [2.24, 2.45) is 0 Å². The van der Waals surface area contributed by atoms with Crippen LogP contribution >= 0.6 is 0 Å². The zero-order valence-electron chi connectivity index (χ0n) is 13.6. The van der Waals surface area contributed by atoms with E-state index in [9.17, 15) is 24.1 Å². The van der Waals surface area contributed by atoms with Gasteiger partial charge in [0.25, 0.3) is 0 Å². The number of aliphatic hydroxyl groups excluding tert-OH is 3. The number of likely N-dealkylation sites (tertiary alicyclic amines) is 1. The first-order valence-electron chi connectivity index (χ1n) is 8.22. The van der Waals surface area contributed by atoms with Crippen LogP contribution in [0.5, 0.6) is 0 Å². The molecule has 0 spiro atoms. The third-order valence-electron chi connectivity index (χ3n) is 4.87. The van der Waals surface area contributed by atoms with Crippen molar-refractivity contribution in [3.63, 3.8) is 0 Å². The third-order valence-corrected chi connectivity index (χ3v) is 4.87. The van der Waals surface area contributed by atoms with Crippen LogP contribution in [0.15, 0.2) is 48.5 Å². The molecule has 2 aromatic carbocycles. The molecule has 1 fully saturated rings. The maximum Gasteiger partial charge on any atom is 0.130 e. The van der Waals surface area contributed by atoms with Gasteiger partial charge in [-0.15, -0.1) is 0 Å². The molecular weight excluding hydrogens is 328 g/mol. The molecule has 25 heavy (non-hydrogen) atoms. The molecule has 1 aliphatic rings. The number of halogens is 2. The summed E-state index contributed by atoms with van der Waals surface area (Å²) in [5, 5.41) is 30.3. The smallest absolute Gasteiger partial charge is 0.130 e. The fraction of sp³-hybridized carbons (Fsp3) is 0.368. The van der Waals surface area contributed by atoms with Crippen LogP contribution in [-0.4, -0.2) is 51.1 Å². The summed E-state index contributed by atoms with van der Waals surface area (Å²) in [4.78, 5) is 1.59. The van der Waals surface area contributed by atoms with Crippen LogP contribution in [0.2, 0.25) is 0 Å². The minimum Gasteiger partial charge on any atom is -0.395 e. The second-order valence-corrected chi connectivity index (χ2v) is 6.36. The molecule has 4 atom stereocenters. The summed E-state index contributed by atoms with van der Waals surface area (Å²) >= 11 is 0. The average molecular weight is 349 g/mol. The van der Waals surface area contributed by atoms with Crippen molar-refractivity contribution in [2.45, 2.75) is 37.3 Å². The van der Waals surface area contributed by atoms with E-state index in [2.05, 4.69) is 0 Å². The molecule has 0 aliphatic carbocycles. The fourth-order valence-electron chi connectivity index (χ4n) is 3.50. The number of benzene rings is 2. The van der Waals surface area contributed by atoms with Crippen molar-refractivity contribution in [1.29, 1.82) is 0 Å². The van der Waals surface area contributed by atoms with E-state index in [0.29, 0.717) is 6.42 Å². The van der Waals surface area contributed by atoms with Gasteiger partial charge in [0.2, 0.25) is 0 Å². The molecule has 0 unspecified atom stereocenters. The van der Waals surface area contributed by atoms with Crippen LogP contribution in [0, 0.1) is 11.6 Å². The molecule has 3 N–H and O–H groups in total. The van der Waals surface area contributed by atoms with Crippen molar-refractivity contribution >= 4 is 0 Å². The molecule has 3 rings (SSSR count). The third kappa shape index (κ3) is 3.57. The maximum atomic E-state index is 14.0. The lowest BCUT2D eigenvalue weighted by Crippen LogP contribution is -2.42. The minimum atomic E-state index is -1.19. The predicted molar refractivity (Wildman–Crippen MR) is 88.7 cm³/mol. The van der Waals surface area contributed by atoms with Crippen LogP contribution in [0.25, 0.3) is 0 Å². The van der Waals surface area contributed by atoms with E-state index in [0.717, 1.165) is 5.56 Å².